The molecular formula is C23H21F3N4O3. The lowest BCUT2D eigenvalue weighted by atomic mass is 10.1. The summed E-state index contributed by atoms with van der Waals surface area (Å²) in [6.07, 6.45) is -2.63. The number of hydrogen-bond donors (Lipinski definition) is 2. The Morgan fingerprint density at radius 2 is 2.00 bits per heavy atom. The van der Waals surface area contributed by atoms with Crippen molar-refractivity contribution in [2.24, 2.45) is 0 Å². The number of fused-ring (bicyclic) bond motifs is 2. The van der Waals surface area contributed by atoms with Gasteiger partial charge in [-0.2, -0.15) is 13.2 Å². The molecule has 7 nitrogen and oxygen atoms in total. The fraction of sp³-hybridized carbons (Fsp3) is 0.261. The molecule has 2 heterocycles. The fourth-order valence-electron chi connectivity index (χ4n) is 3.80. The minimum absolute atomic E-state index is 0.0168. The molecule has 1 amide bonds. The van der Waals surface area contributed by atoms with Crippen molar-refractivity contribution >= 4 is 27.8 Å². The van der Waals surface area contributed by atoms with Gasteiger partial charge in [0.25, 0.3) is 5.56 Å². The molecule has 0 saturated carbocycles. The molecule has 0 aliphatic carbocycles. The van der Waals surface area contributed by atoms with E-state index < -0.39 is 29.4 Å². The number of H-pyrrole nitrogens is 1. The van der Waals surface area contributed by atoms with Crippen molar-refractivity contribution in [2.75, 3.05) is 13.7 Å². The largest absolute Gasteiger partial charge is 0.497 e. The first-order valence-electron chi connectivity index (χ1n) is 10.2. The Morgan fingerprint density at radius 3 is 2.73 bits per heavy atom. The summed E-state index contributed by atoms with van der Waals surface area (Å²) in [6, 6.07) is 10.4. The third-order valence-corrected chi connectivity index (χ3v) is 5.50. The Morgan fingerprint density at radius 1 is 1.24 bits per heavy atom. The maximum absolute atomic E-state index is 13.4. The van der Waals surface area contributed by atoms with E-state index in [1.165, 1.54) is 25.1 Å². The van der Waals surface area contributed by atoms with Crippen LogP contribution in [0.5, 0.6) is 5.75 Å². The number of para-hydroxylation sites is 2. The second-order valence-electron chi connectivity index (χ2n) is 7.56. The van der Waals surface area contributed by atoms with Crippen LogP contribution in [0.4, 0.5) is 13.2 Å². The van der Waals surface area contributed by atoms with Gasteiger partial charge in [-0.3, -0.25) is 14.2 Å². The molecule has 0 saturated heterocycles. The Hall–Kier alpha value is -3.82. The molecule has 4 rings (SSSR count). The molecule has 1 atom stereocenters. The van der Waals surface area contributed by atoms with Gasteiger partial charge >= 0.3 is 6.18 Å². The molecule has 2 N–H and O–H groups in total. The van der Waals surface area contributed by atoms with Gasteiger partial charge in [-0.1, -0.05) is 12.1 Å². The quantitative estimate of drug-likeness (QED) is 0.460. The van der Waals surface area contributed by atoms with Gasteiger partial charge in [0.1, 0.15) is 11.8 Å². The first-order valence-corrected chi connectivity index (χ1v) is 10.2. The number of carbonyl (C=O) groups excluding carboxylic acids is 1. The molecule has 0 spiro atoms. The number of carbonyl (C=O) groups is 1. The lowest BCUT2D eigenvalue weighted by Crippen LogP contribution is -2.39. The zero-order chi connectivity index (χ0) is 23.8. The number of aromatic amines is 1. The number of benzene rings is 2. The maximum atomic E-state index is 13.4. The molecule has 0 aliphatic heterocycles. The summed E-state index contributed by atoms with van der Waals surface area (Å²) < 4.78 is 46.2. The smallest absolute Gasteiger partial charge is 0.438 e. The highest BCUT2D eigenvalue weighted by Gasteiger charge is 2.38. The van der Waals surface area contributed by atoms with E-state index in [4.69, 9.17) is 4.74 Å². The normalized spacial score (nSPS) is 12.8. The Balaban J connectivity index is 1.57. The van der Waals surface area contributed by atoms with Crippen LogP contribution in [0.1, 0.15) is 24.2 Å². The molecule has 33 heavy (non-hydrogen) atoms. The van der Waals surface area contributed by atoms with E-state index in [0.717, 1.165) is 21.0 Å². The summed E-state index contributed by atoms with van der Waals surface area (Å²) in [7, 11) is 1.57. The SMILES string of the molecule is COc1ccc2[nH]cc(CCNC(=O)[C@@H](C)n3c(=O)c(C(F)(F)F)nc4ccccc43)c2c1. The number of ether oxygens (including phenoxy) is 1. The van der Waals surface area contributed by atoms with Gasteiger partial charge in [0, 0.05) is 23.6 Å². The standard InChI is InChI=1S/C23H21F3N4O3/c1-13(30-19-6-4-3-5-18(19)29-20(22(30)32)23(24,25)26)21(31)27-10-9-14-12-28-17-8-7-15(33-2)11-16(14)17/h3-8,11-13,28H,9-10H2,1-2H3,(H,27,31)/t13-/m1/s1. The summed E-state index contributed by atoms with van der Waals surface area (Å²) >= 11 is 0. The van der Waals surface area contributed by atoms with E-state index in [-0.39, 0.29) is 17.6 Å². The molecule has 0 radical (unpaired) electrons. The second kappa shape index (κ2) is 8.61. The third-order valence-electron chi connectivity index (χ3n) is 5.50. The average Bonchev–Trinajstić information content (AvgIpc) is 3.19. The average molecular weight is 458 g/mol. The molecule has 0 fully saturated rings. The number of halogens is 3. The Labute approximate surface area is 186 Å². The van der Waals surface area contributed by atoms with Crippen LogP contribution in [-0.2, 0) is 17.4 Å². The van der Waals surface area contributed by atoms with Crippen molar-refractivity contribution in [3.63, 3.8) is 0 Å². The van der Waals surface area contributed by atoms with Gasteiger partial charge < -0.3 is 15.0 Å². The topological polar surface area (TPSA) is 89.0 Å². The molecule has 172 valence electrons. The maximum Gasteiger partial charge on any atom is 0.438 e. The molecule has 2 aromatic carbocycles. The molecule has 0 unspecified atom stereocenters. The highest BCUT2D eigenvalue weighted by atomic mass is 19.4. The van der Waals surface area contributed by atoms with Gasteiger partial charge in [-0.05, 0) is 49.2 Å². The summed E-state index contributed by atoms with van der Waals surface area (Å²) in [5, 5.41) is 3.66. The number of nitrogens with zero attached hydrogens (tertiary/aromatic N) is 2. The van der Waals surface area contributed by atoms with Crippen molar-refractivity contribution < 1.29 is 22.7 Å². The summed E-state index contributed by atoms with van der Waals surface area (Å²) in [6.45, 7) is 1.62. The number of alkyl halides is 3. The zero-order valence-electron chi connectivity index (χ0n) is 17.9. The van der Waals surface area contributed by atoms with Gasteiger partial charge in [-0.25, -0.2) is 4.98 Å². The molecule has 0 aliphatic rings. The van der Waals surface area contributed by atoms with Crippen LogP contribution in [0.3, 0.4) is 0 Å². The van der Waals surface area contributed by atoms with E-state index >= 15 is 0 Å². The number of aromatic nitrogens is 3. The van der Waals surface area contributed by atoms with E-state index in [1.807, 2.05) is 24.4 Å². The summed E-state index contributed by atoms with van der Waals surface area (Å²) in [5.41, 5.74) is -0.900. The lowest BCUT2D eigenvalue weighted by Gasteiger charge is -2.19. The molecule has 10 heteroatoms. The van der Waals surface area contributed by atoms with Crippen LogP contribution < -0.4 is 15.6 Å². The summed E-state index contributed by atoms with van der Waals surface area (Å²) in [5.74, 6) is 0.129. The van der Waals surface area contributed by atoms with Crippen LogP contribution in [0, 0.1) is 0 Å². The Kier molecular flexibility index (Phi) is 5.84. The highest BCUT2D eigenvalue weighted by molar-refractivity contribution is 5.85. The zero-order valence-corrected chi connectivity index (χ0v) is 17.9. The van der Waals surface area contributed by atoms with Gasteiger partial charge in [0.2, 0.25) is 11.6 Å². The summed E-state index contributed by atoms with van der Waals surface area (Å²) in [4.78, 5) is 32.1. The van der Waals surface area contributed by atoms with E-state index in [0.29, 0.717) is 12.2 Å². The van der Waals surface area contributed by atoms with Crippen LogP contribution in [0.15, 0.2) is 53.5 Å². The van der Waals surface area contributed by atoms with Crippen LogP contribution in [0.25, 0.3) is 21.9 Å². The van der Waals surface area contributed by atoms with E-state index in [2.05, 4.69) is 15.3 Å². The van der Waals surface area contributed by atoms with Crippen molar-refractivity contribution in [1.29, 1.82) is 0 Å². The number of rotatable bonds is 6. The first-order chi connectivity index (χ1) is 15.7. The van der Waals surface area contributed by atoms with E-state index in [1.54, 1.807) is 13.2 Å². The lowest BCUT2D eigenvalue weighted by molar-refractivity contribution is -0.142. The van der Waals surface area contributed by atoms with Crippen molar-refractivity contribution in [2.45, 2.75) is 25.6 Å². The van der Waals surface area contributed by atoms with Crippen molar-refractivity contribution in [1.82, 2.24) is 19.9 Å². The minimum Gasteiger partial charge on any atom is -0.497 e. The molecule has 4 aromatic rings. The molecule has 0 bridgehead atoms. The van der Waals surface area contributed by atoms with Gasteiger partial charge in [0.05, 0.1) is 18.1 Å². The molecular weight excluding hydrogens is 437 g/mol. The fourth-order valence-corrected chi connectivity index (χ4v) is 3.80. The third kappa shape index (κ3) is 4.28. The second-order valence-corrected chi connectivity index (χ2v) is 7.56. The number of hydrogen-bond acceptors (Lipinski definition) is 4. The van der Waals surface area contributed by atoms with E-state index in [9.17, 15) is 22.8 Å². The predicted molar refractivity (Wildman–Crippen MR) is 117 cm³/mol. The monoisotopic (exact) mass is 458 g/mol. The Bertz CT molecular complexity index is 1390. The van der Waals surface area contributed by atoms with Crippen LogP contribution in [0.2, 0.25) is 0 Å². The number of amides is 1. The van der Waals surface area contributed by atoms with Crippen LogP contribution in [-0.4, -0.2) is 34.1 Å². The van der Waals surface area contributed by atoms with Crippen molar-refractivity contribution in [3.8, 4) is 5.75 Å². The first kappa shape index (κ1) is 22.4. The van der Waals surface area contributed by atoms with Crippen molar-refractivity contribution in [3.05, 3.63) is 70.3 Å². The van der Waals surface area contributed by atoms with Crippen LogP contribution >= 0.6 is 0 Å². The van der Waals surface area contributed by atoms with Gasteiger partial charge in [0.15, 0.2) is 0 Å². The minimum atomic E-state index is -4.94. The van der Waals surface area contributed by atoms with Gasteiger partial charge in [-0.15, -0.1) is 0 Å². The number of nitrogens with one attached hydrogen (secondary N) is 2. The number of methoxy groups -OCH3 is 1. The molecule has 2 aromatic heterocycles. The highest BCUT2D eigenvalue weighted by Crippen LogP contribution is 2.27. The predicted octanol–water partition coefficient (Wildman–Crippen LogP) is 3.83.